The predicted molar refractivity (Wildman–Crippen MR) is 79.0 cm³/mol. The molecule has 0 spiro atoms. The highest BCUT2D eigenvalue weighted by Crippen LogP contribution is 2.18. The second-order valence-electron chi connectivity index (χ2n) is 5.26. The Bertz CT molecular complexity index is 752. The summed E-state index contributed by atoms with van der Waals surface area (Å²) in [6.45, 7) is 4.97. The number of nitrogens with zero attached hydrogens (tertiary/aromatic N) is 3. The lowest BCUT2D eigenvalue weighted by Crippen LogP contribution is -2.04. The van der Waals surface area contributed by atoms with Gasteiger partial charge in [-0.15, -0.1) is 0 Å². The van der Waals surface area contributed by atoms with Crippen LogP contribution in [0.25, 0.3) is 10.9 Å². The first kappa shape index (κ1) is 12.7. The van der Waals surface area contributed by atoms with E-state index in [0.717, 1.165) is 29.4 Å². The van der Waals surface area contributed by atoms with E-state index in [4.69, 9.17) is 0 Å². The molecule has 2 heterocycles. The van der Waals surface area contributed by atoms with Crippen molar-refractivity contribution in [2.75, 3.05) is 0 Å². The SMILES string of the molecule is CC(C)n1ccc(Cn2ccc3cc(C=O)ccc32)n1. The van der Waals surface area contributed by atoms with Crippen molar-refractivity contribution in [1.29, 1.82) is 0 Å². The van der Waals surface area contributed by atoms with Crippen LogP contribution in [0.3, 0.4) is 0 Å². The van der Waals surface area contributed by atoms with Crippen LogP contribution < -0.4 is 0 Å². The van der Waals surface area contributed by atoms with Crippen LogP contribution in [0.15, 0.2) is 42.7 Å². The number of benzene rings is 1. The van der Waals surface area contributed by atoms with Crippen LogP contribution in [-0.4, -0.2) is 20.6 Å². The fourth-order valence-corrected chi connectivity index (χ4v) is 2.35. The van der Waals surface area contributed by atoms with E-state index in [0.29, 0.717) is 11.6 Å². The Hall–Kier alpha value is -2.36. The lowest BCUT2D eigenvalue weighted by molar-refractivity contribution is 0.112. The molecule has 0 N–H and O–H groups in total. The molecule has 20 heavy (non-hydrogen) atoms. The second kappa shape index (κ2) is 4.96. The van der Waals surface area contributed by atoms with Gasteiger partial charge >= 0.3 is 0 Å². The standard InChI is InChI=1S/C16H17N3O/c1-12(2)19-8-6-15(17-19)10-18-7-5-14-9-13(11-20)3-4-16(14)18/h3-9,11-12H,10H2,1-2H3. The molecule has 0 saturated carbocycles. The van der Waals surface area contributed by atoms with Crippen molar-refractivity contribution in [3.8, 4) is 0 Å². The van der Waals surface area contributed by atoms with Gasteiger partial charge in [0.05, 0.1) is 12.2 Å². The van der Waals surface area contributed by atoms with E-state index in [2.05, 4.69) is 23.5 Å². The van der Waals surface area contributed by atoms with Crippen molar-refractivity contribution in [3.63, 3.8) is 0 Å². The minimum Gasteiger partial charge on any atom is -0.341 e. The number of rotatable bonds is 4. The molecule has 3 aromatic rings. The summed E-state index contributed by atoms with van der Waals surface area (Å²) in [6.07, 6.45) is 4.92. The summed E-state index contributed by atoms with van der Waals surface area (Å²) in [5.41, 5.74) is 2.87. The van der Waals surface area contributed by atoms with Gasteiger partial charge in [0.2, 0.25) is 0 Å². The van der Waals surface area contributed by atoms with Gasteiger partial charge in [0.15, 0.2) is 0 Å². The molecule has 2 aromatic heterocycles. The average Bonchev–Trinajstić information content (AvgIpc) is 3.06. The molecule has 0 bridgehead atoms. The number of aldehydes is 1. The van der Waals surface area contributed by atoms with Crippen molar-refractivity contribution in [1.82, 2.24) is 14.3 Å². The van der Waals surface area contributed by atoms with E-state index in [1.807, 2.05) is 47.4 Å². The molecule has 0 unspecified atom stereocenters. The highest BCUT2D eigenvalue weighted by Gasteiger charge is 2.06. The van der Waals surface area contributed by atoms with Gasteiger partial charge < -0.3 is 4.57 Å². The largest absolute Gasteiger partial charge is 0.341 e. The maximum absolute atomic E-state index is 10.8. The van der Waals surface area contributed by atoms with Gasteiger partial charge in [-0.25, -0.2) is 0 Å². The van der Waals surface area contributed by atoms with Crippen LogP contribution in [0.4, 0.5) is 0 Å². The molecule has 3 rings (SSSR count). The summed E-state index contributed by atoms with van der Waals surface area (Å²) in [4.78, 5) is 10.8. The molecular formula is C16H17N3O. The van der Waals surface area contributed by atoms with E-state index in [1.54, 1.807) is 0 Å². The lowest BCUT2D eigenvalue weighted by Gasteiger charge is -2.05. The summed E-state index contributed by atoms with van der Waals surface area (Å²) in [5.74, 6) is 0. The Morgan fingerprint density at radius 3 is 2.75 bits per heavy atom. The van der Waals surface area contributed by atoms with Gasteiger partial charge in [0.1, 0.15) is 6.29 Å². The Labute approximate surface area is 117 Å². The normalized spacial score (nSPS) is 11.3. The zero-order valence-corrected chi connectivity index (χ0v) is 11.7. The zero-order valence-electron chi connectivity index (χ0n) is 11.7. The number of fused-ring (bicyclic) bond motifs is 1. The Morgan fingerprint density at radius 2 is 2.05 bits per heavy atom. The fraction of sp³-hybridized carbons (Fsp3) is 0.250. The summed E-state index contributed by atoms with van der Waals surface area (Å²) >= 11 is 0. The molecule has 0 atom stereocenters. The summed E-state index contributed by atoms with van der Waals surface area (Å²) in [5, 5.41) is 5.65. The highest BCUT2D eigenvalue weighted by molar-refractivity contribution is 5.87. The lowest BCUT2D eigenvalue weighted by atomic mass is 10.2. The van der Waals surface area contributed by atoms with Gasteiger partial charge in [0.25, 0.3) is 0 Å². The van der Waals surface area contributed by atoms with E-state index in [1.165, 1.54) is 0 Å². The Morgan fingerprint density at radius 1 is 1.20 bits per heavy atom. The third kappa shape index (κ3) is 2.25. The number of carbonyl (C=O) groups is 1. The van der Waals surface area contributed by atoms with Gasteiger partial charge in [-0.3, -0.25) is 9.48 Å². The smallest absolute Gasteiger partial charge is 0.150 e. The topological polar surface area (TPSA) is 39.8 Å². The van der Waals surface area contributed by atoms with Gasteiger partial charge in [-0.05, 0) is 44.2 Å². The minimum absolute atomic E-state index is 0.375. The van der Waals surface area contributed by atoms with E-state index in [9.17, 15) is 4.79 Å². The van der Waals surface area contributed by atoms with Crippen molar-refractivity contribution >= 4 is 17.2 Å². The van der Waals surface area contributed by atoms with Gasteiger partial charge in [0, 0.05) is 34.9 Å². The van der Waals surface area contributed by atoms with Crippen LogP contribution >= 0.6 is 0 Å². The molecule has 1 aromatic carbocycles. The van der Waals surface area contributed by atoms with Crippen molar-refractivity contribution in [2.24, 2.45) is 0 Å². The quantitative estimate of drug-likeness (QED) is 0.680. The van der Waals surface area contributed by atoms with Crippen LogP contribution in [0.1, 0.15) is 35.9 Å². The molecule has 4 nitrogen and oxygen atoms in total. The maximum Gasteiger partial charge on any atom is 0.150 e. The summed E-state index contributed by atoms with van der Waals surface area (Å²) in [7, 11) is 0. The third-order valence-corrected chi connectivity index (χ3v) is 3.46. The Kier molecular flexibility index (Phi) is 3.14. The number of hydrogen-bond acceptors (Lipinski definition) is 2. The molecule has 102 valence electrons. The number of aromatic nitrogens is 3. The van der Waals surface area contributed by atoms with Crippen molar-refractivity contribution < 1.29 is 4.79 Å². The molecule has 4 heteroatoms. The Balaban J connectivity index is 1.92. The molecule has 0 aliphatic carbocycles. The predicted octanol–water partition coefficient (Wildman–Crippen LogP) is 3.28. The molecule has 0 amide bonds. The van der Waals surface area contributed by atoms with Gasteiger partial charge in [-0.1, -0.05) is 0 Å². The monoisotopic (exact) mass is 267 g/mol. The highest BCUT2D eigenvalue weighted by atomic mass is 16.1. The van der Waals surface area contributed by atoms with Crippen LogP contribution in [0.5, 0.6) is 0 Å². The number of carbonyl (C=O) groups excluding carboxylic acids is 1. The second-order valence-corrected chi connectivity index (χ2v) is 5.26. The van der Waals surface area contributed by atoms with Gasteiger partial charge in [-0.2, -0.15) is 5.10 Å². The van der Waals surface area contributed by atoms with Crippen LogP contribution in [0, 0.1) is 0 Å². The van der Waals surface area contributed by atoms with Crippen LogP contribution in [0.2, 0.25) is 0 Å². The van der Waals surface area contributed by atoms with Crippen molar-refractivity contribution in [2.45, 2.75) is 26.4 Å². The van der Waals surface area contributed by atoms with Crippen molar-refractivity contribution in [3.05, 3.63) is 54.0 Å². The average molecular weight is 267 g/mol. The number of hydrogen-bond donors (Lipinski definition) is 0. The molecule has 0 aliphatic heterocycles. The van der Waals surface area contributed by atoms with E-state index in [-0.39, 0.29) is 0 Å². The maximum atomic E-state index is 10.8. The zero-order chi connectivity index (χ0) is 14.1. The molecule has 0 fully saturated rings. The first-order valence-corrected chi connectivity index (χ1v) is 6.75. The first-order chi connectivity index (χ1) is 9.67. The van der Waals surface area contributed by atoms with Crippen LogP contribution in [-0.2, 0) is 6.54 Å². The summed E-state index contributed by atoms with van der Waals surface area (Å²) < 4.78 is 4.11. The van der Waals surface area contributed by atoms with E-state index >= 15 is 0 Å². The molecular weight excluding hydrogens is 250 g/mol. The van der Waals surface area contributed by atoms with E-state index < -0.39 is 0 Å². The molecule has 0 saturated heterocycles. The minimum atomic E-state index is 0.375. The molecule has 0 radical (unpaired) electrons. The third-order valence-electron chi connectivity index (χ3n) is 3.46. The fourth-order valence-electron chi connectivity index (χ4n) is 2.35. The molecule has 0 aliphatic rings. The summed E-state index contributed by atoms with van der Waals surface area (Å²) in [6, 6.07) is 10.2. The first-order valence-electron chi connectivity index (χ1n) is 6.75.